The monoisotopic (exact) mass is 412 g/mol. The number of fused-ring (bicyclic) bond motifs is 1. The van der Waals surface area contributed by atoms with Crippen LogP contribution in [-0.4, -0.2) is 30.1 Å². The zero-order valence-corrected chi connectivity index (χ0v) is 16.3. The van der Waals surface area contributed by atoms with Gasteiger partial charge in [-0.25, -0.2) is 12.8 Å². The van der Waals surface area contributed by atoms with Crippen LogP contribution in [0, 0.1) is 5.82 Å². The number of pyridine rings is 1. The molecule has 0 aliphatic rings. The quantitative estimate of drug-likeness (QED) is 0.486. The van der Waals surface area contributed by atoms with Gasteiger partial charge in [0.2, 0.25) is 0 Å². The Bertz CT molecular complexity index is 1260. The van der Waals surface area contributed by atoms with Gasteiger partial charge in [-0.2, -0.15) is 0 Å². The Balaban J connectivity index is 1.79. The van der Waals surface area contributed by atoms with Crippen molar-refractivity contribution in [3.8, 4) is 5.75 Å². The molecule has 0 unspecified atom stereocenters. The van der Waals surface area contributed by atoms with E-state index < -0.39 is 15.8 Å². The van der Waals surface area contributed by atoms with Gasteiger partial charge in [-0.05, 0) is 48.0 Å². The van der Waals surface area contributed by atoms with Gasteiger partial charge in [-0.3, -0.25) is 8.71 Å². The smallest absolute Gasteiger partial charge is 0.266 e. The second-order valence-corrected chi connectivity index (χ2v) is 8.16. The largest absolute Gasteiger partial charge is 0.497 e. The second kappa shape index (κ2) is 7.51. The van der Waals surface area contributed by atoms with E-state index in [9.17, 15) is 12.8 Å². The van der Waals surface area contributed by atoms with Crippen molar-refractivity contribution >= 4 is 21.4 Å². The number of halogens is 1. The standard InChI is InChI=1S/C20H17FN4O3S/c1-28-18-7-5-15(6-8-18)12-25(17-4-2-3-16(21)11-17)29(26,27)19-9-10-20-23-22-14-24(20)13-19/h2-11,13-14H,12H2,1H3. The zero-order valence-electron chi connectivity index (χ0n) is 15.4. The summed E-state index contributed by atoms with van der Waals surface area (Å²) in [5.74, 6) is 0.138. The summed E-state index contributed by atoms with van der Waals surface area (Å²) in [5.41, 5.74) is 1.48. The van der Waals surface area contributed by atoms with E-state index >= 15 is 0 Å². The molecule has 0 saturated heterocycles. The first kappa shape index (κ1) is 18.9. The van der Waals surface area contributed by atoms with Crippen molar-refractivity contribution in [2.75, 3.05) is 11.4 Å². The number of benzene rings is 2. The summed E-state index contributed by atoms with van der Waals surface area (Å²) >= 11 is 0. The number of sulfonamides is 1. The molecule has 0 N–H and O–H groups in total. The highest BCUT2D eigenvalue weighted by atomic mass is 32.2. The molecule has 2 heterocycles. The molecule has 0 radical (unpaired) electrons. The molecule has 4 rings (SSSR count). The third kappa shape index (κ3) is 3.77. The molecule has 0 bridgehead atoms. The molecule has 0 aliphatic heterocycles. The molecule has 0 aliphatic carbocycles. The van der Waals surface area contributed by atoms with Crippen LogP contribution in [0.3, 0.4) is 0 Å². The molecule has 2 aromatic carbocycles. The molecule has 0 saturated carbocycles. The maximum absolute atomic E-state index is 13.9. The van der Waals surface area contributed by atoms with Crippen LogP contribution >= 0.6 is 0 Å². The molecule has 0 fully saturated rings. The minimum absolute atomic E-state index is 0.0238. The number of nitrogens with zero attached hydrogens (tertiary/aromatic N) is 4. The Morgan fingerprint density at radius 2 is 1.90 bits per heavy atom. The predicted molar refractivity (Wildman–Crippen MR) is 106 cm³/mol. The van der Waals surface area contributed by atoms with Crippen molar-refractivity contribution < 1.29 is 17.5 Å². The van der Waals surface area contributed by atoms with Crippen molar-refractivity contribution in [3.05, 3.63) is 84.6 Å². The van der Waals surface area contributed by atoms with Gasteiger partial charge in [0.05, 0.1) is 19.3 Å². The van der Waals surface area contributed by atoms with Gasteiger partial charge < -0.3 is 4.74 Å². The Morgan fingerprint density at radius 3 is 2.62 bits per heavy atom. The Kier molecular flexibility index (Phi) is 4.89. The van der Waals surface area contributed by atoms with Crippen LogP contribution in [0.1, 0.15) is 5.56 Å². The topological polar surface area (TPSA) is 76.8 Å². The van der Waals surface area contributed by atoms with E-state index in [1.54, 1.807) is 43.5 Å². The SMILES string of the molecule is COc1ccc(CN(c2cccc(F)c2)S(=O)(=O)c2ccc3nncn3c2)cc1. The molecule has 7 nitrogen and oxygen atoms in total. The van der Waals surface area contributed by atoms with Crippen LogP contribution < -0.4 is 9.04 Å². The van der Waals surface area contributed by atoms with E-state index in [1.165, 1.54) is 45.5 Å². The molecule has 4 aromatic rings. The lowest BCUT2D eigenvalue weighted by Crippen LogP contribution is -2.30. The van der Waals surface area contributed by atoms with Gasteiger partial charge in [0.25, 0.3) is 10.0 Å². The Hall–Kier alpha value is -3.46. The lowest BCUT2D eigenvalue weighted by atomic mass is 10.2. The minimum Gasteiger partial charge on any atom is -0.497 e. The molecule has 0 spiro atoms. The lowest BCUT2D eigenvalue weighted by molar-refractivity contribution is 0.414. The Morgan fingerprint density at radius 1 is 1.10 bits per heavy atom. The number of rotatable bonds is 6. The highest BCUT2D eigenvalue weighted by Crippen LogP contribution is 2.27. The first-order valence-electron chi connectivity index (χ1n) is 8.68. The summed E-state index contributed by atoms with van der Waals surface area (Å²) in [4.78, 5) is 0.0440. The lowest BCUT2D eigenvalue weighted by Gasteiger charge is -2.25. The summed E-state index contributed by atoms with van der Waals surface area (Å²) in [7, 11) is -2.44. The summed E-state index contributed by atoms with van der Waals surface area (Å²) in [6.07, 6.45) is 2.86. The van der Waals surface area contributed by atoms with Crippen molar-refractivity contribution in [2.45, 2.75) is 11.4 Å². The fourth-order valence-corrected chi connectivity index (χ4v) is 4.38. The average molecular weight is 412 g/mol. The molecular formula is C20H17FN4O3S. The molecule has 9 heteroatoms. The summed E-state index contributed by atoms with van der Waals surface area (Å²) < 4.78 is 48.6. The third-order valence-corrected chi connectivity index (χ3v) is 6.19. The van der Waals surface area contributed by atoms with Gasteiger partial charge in [0.1, 0.15) is 22.8 Å². The average Bonchev–Trinajstić information content (AvgIpc) is 3.20. The highest BCUT2D eigenvalue weighted by molar-refractivity contribution is 7.92. The van der Waals surface area contributed by atoms with E-state index in [2.05, 4.69) is 10.2 Å². The van der Waals surface area contributed by atoms with Gasteiger partial charge in [0.15, 0.2) is 5.65 Å². The van der Waals surface area contributed by atoms with Gasteiger partial charge in [0, 0.05) is 6.20 Å². The fraction of sp³-hybridized carbons (Fsp3) is 0.100. The van der Waals surface area contributed by atoms with Crippen LogP contribution in [0.4, 0.5) is 10.1 Å². The van der Waals surface area contributed by atoms with Crippen LogP contribution in [-0.2, 0) is 16.6 Å². The number of aromatic nitrogens is 3. The number of hydrogen-bond donors (Lipinski definition) is 0. The van der Waals surface area contributed by atoms with Crippen LogP contribution in [0.5, 0.6) is 5.75 Å². The van der Waals surface area contributed by atoms with E-state index in [0.717, 1.165) is 5.56 Å². The van der Waals surface area contributed by atoms with Crippen molar-refractivity contribution in [2.24, 2.45) is 0 Å². The van der Waals surface area contributed by atoms with Crippen molar-refractivity contribution in [3.63, 3.8) is 0 Å². The number of methoxy groups -OCH3 is 1. The van der Waals surface area contributed by atoms with Gasteiger partial charge in [-0.1, -0.05) is 18.2 Å². The normalized spacial score (nSPS) is 11.5. The minimum atomic E-state index is -4.00. The summed E-state index contributed by atoms with van der Waals surface area (Å²) in [6.45, 7) is 0.0238. The number of anilines is 1. The Labute approximate surface area is 167 Å². The maximum atomic E-state index is 13.9. The third-order valence-electron chi connectivity index (χ3n) is 4.43. The molecule has 29 heavy (non-hydrogen) atoms. The summed E-state index contributed by atoms with van der Waals surface area (Å²) in [5, 5.41) is 7.65. The van der Waals surface area contributed by atoms with Crippen LogP contribution in [0.25, 0.3) is 5.65 Å². The van der Waals surface area contributed by atoms with E-state index in [1.807, 2.05) is 0 Å². The van der Waals surface area contributed by atoms with E-state index in [4.69, 9.17) is 4.74 Å². The summed E-state index contributed by atoms with van der Waals surface area (Å²) in [6, 6.07) is 15.5. The molecule has 0 amide bonds. The van der Waals surface area contributed by atoms with Crippen LogP contribution in [0.2, 0.25) is 0 Å². The maximum Gasteiger partial charge on any atom is 0.266 e. The molecule has 148 valence electrons. The first-order chi connectivity index (χ1) is 14.0. The van der Waals surface area contributed by atoms with Crippen molar-refractivity contribution in [1.82, 2.24) is 14.6 Å². The second-order valence-electron chi connectivity index (χ2n) is 6.30. The van der Waals surface area contributed by atoms with Gasteiger partial charge >= 0.3 is 0 Å². The van der Waals surface area contributed by atoms with Gasteiger partial charge in [-0.15, -0.1) is 10.2 Å². The zero-order chi connectivity index (χ0) is 20.4. The fourth-order valence-electron chi connectivity index (χ4n) is 2.93. The number of ether oxygens (including phenoxy) is 1. The van der Waals surface area contributed by atoms with Crippen LogP contribution in [0.15, 0.2) is 78.1 Å². The molecule has 0 atom stereocenters. The predicted octanol–water partition coefficient (Wildman–Crippen LogP) is 3.27. The number of hydrogen-bond acceptors (Lipinski definition) is 5. The van der Waals surface area contributed by atoms with Crippen molar-refractivity contribution in [1.29, 1.82) is 0 Å². The van der Waals surface area contributed by atoms with E-state index in [-0.39, 0.29) is 17.1 Å². The first-order valence-corrected chi connectivity index (χ1v) is 10.1. The molecular weight excluding hydrogens is 395 g/mol. The van der Waals surface area contributed by atoms with E-state index in [0.29, 0.717) is 11.4 Å². The molecule has 2 aromatic heterocycles. The highest BCUT2D eigenvalue weighted by Gasteiger charge is 2.26.